The van der Waals surface area contributed by atoms with Gasteiger partial charge in [-0.15, -0.1) is 11.3 Å². The number of aromatic nitrogens is 3. The molecule has 0 aliphatic heterocycles. The van der Waals surface area contributed by atoms with Gasteiger partial charge >= 0.3 is 0 Å². The quantitative estimate of drug-likeness (QED) is 0.770. The van der Waals surface area contributed by atoms with Gasteiger partial charge in [-0.25, -0.2) is 15.0 Å². The van der Waals surface area contributed by atoms with Gasteiger partial charge in [0.05, 0.1) is 6.61 Å². The summed E-state index contributed by atoms with van der Waals surface area (Å²) < 4.78 is 5.42. The van der Waals surface area contributed by atoms with Crippen LogP contribution in [0.1, 0.15) is 11.8 Å². The van der Waals surface area contributed by atoms with Crippen LogP contribution in [0.2, 0.25) is 0 Å². The van der Waals surface area contributed by atoms with Crippen molar-refractivity contribution in [2.24, 2.45) is 0 Å². The van der Waals surface area contributed by atoms with E-state index in [9.17, 15) is 0 Å². The van der Waals surface area contributed by atoms with Gasteiger partial charge in [-0.1, -0.05) is 0 Å². The van der Waals surface area contributed by atoms with E-state index in [4.69, 9.17) is 4.74 Å². The molecule has 3 rings (SSSR count). The van der Waals surface area contributed by atoms with Gasteiger partial charge in [0.1, 0.15) is 16.5 Å². The largest absolute Gasteiger partial charge is 0.494 e. The van der Waals surface area contributed by atoms with Crippen molar-refractivity contribution in [3.05, 3.63) is 47.6 Å². The van der Waals surface area contributed by atoms with Crippen molar-refractivity contribution in [1.29, 1.82) is 0 Å². The van der Waals surface area contributed by atoms with Crippen LogP contribution in [0.25, 0.3) is 10.7 Å². The highest BCUT2D eigenvalue weighted by molar-refractivity contribution is 7.14. The first-order chi connectivity index (χ1) is 10.7. The second kappa shape index (κ2) is 6.53. The number of aryl methyl sites for hydroxylation is 1. The maximum absolute atomic E-state index is 5.42. The first-order valence-corrected chi connectivity index (χ1v) is 7.82. The van der Waals surface area contributed by atoms with Crippen LogP contribution < -0.4 is 10.1 Å². The van der Waals surface area contributed by atoms with Crippen molar-refractivity contribution in [1.82, 2.24) is 15.0 Å². The minimum Gasteiger partial charge on any atom is -0.494 e. The van der Waals surface area contributed by atoms with Crippen LogP contribution in [-0.4, -0.2) is 21.6 Å². The Balaban J connectivity index is 1.77. The zero-order chi connectivity index (χ0) is 15.4. The number of nitrogens with zero attached hydrogens (tertiary/aromatic N) is 3. The summed E-state index contributed by atoms with van der Waals surface area (Å²) in [5.74, 6) is 1.40. The number of thiazole rings is 1. The number of nitrogens with one attached hydrogen (secondary N) is 1. The normalized spacial score (nSPS) is 10.5. The molecule has 22 heavy (non-hydrogen) atoms. The van der Waals surface area contributed by atoms with E-state index in [-0.39, 0.29) is 0 Å². The standard InChI is InChI=1S/C16H16N4OS/c1-3-21-13-6-4-12(5-7-13)19-16-17-9-8-14(20-16)15-18-10-11(2)22-15/h4-10H,3H2,1-2H3,(H,17,19,20). The highest BCUT2D eigenvalue weighted by Crippen LogP contribution is 2.24. The first kappa shape index (κ1) is 14.5. The Kier molecular flexibility index (Phi) is 4.29. The van der Waals surface area contributed by atoms with E-state index in [0.717, 1.165) is 27.0 Å². The predicted molar refractivity (Wildman–Crippen MR) is 88.8 cm³/mol. The van der Waals surface area contributed by atoms with E-state index in [2.05, 4.69) is 20.3 Å². The summed E-state index contributed by atoms with van der Waals surface area (Å²) in [6.07, 6.45) is 3.58. The fraction of sp³-hybridized carbons (Fsp3) is 0.188. The molecule has 0 aliphatic rings. The third-order valence-electron chi connectivity index (χ3n) is 2.92. The molecule has 0 atom stereocenters. The Hall–Kier alpha value is -2.47. The van der Waals surface area contributed by atoms with E-state index >= 15 is 0 Å². The van der Waals surface area contributed by atoms with Gasteiger partial charge in [-0.05, 0) is 44.2 Å². The van der Waals surface area contributed by atoms with Gasteiger partial charge in [0.15, 0.2) is 0 Å². The number of hydrogen-bond acceptors (Lipinski definition) is 6. The third kappa shape index (κ3) is 3.40. The van der Waals surface area contributed by atoms with Gasteiger partial charge in [-0.3, -0.25) is 0 Å². The summed E-state index contributed by atoms with van der Waals surface area (Å²) in [6.45, 7) is 4.65. The van der Waals surface area contributed by atoms with Crippen molar-refractivity contribution < 1.29 is 4.74 Å². The lowest BCUT2D eigenvalue weighted by atomic mass is 10.3. The van der Waals surface area contributed by atoms with Crippen LogP contribution in [0.15, 0.2) is 42.7 Å². The van der Waals surface area contributed by atoms with Gasteiger partial charge in [0.25, 0.3) is 0 Å². The molecule has 0 spiro atoms. The molecule has 0 saturated carbocycles. The molecule has 1 aromatic carbocycles. The molecule has 1 N–H and O–H groups in total. The molecule has 2 aromatic heterocycles. The third-order valence-corrected chi connectivity index (χ3v) is 3.85. The lowest BCUT2D eigenvalue weighted by Crippen LogP contribution is -1.98. The van der Waals surface area contributed by atoms with Crippen LogP contribution in [0.3, 0.4) is 0 Å². The summed E-state index contributed by atoms with van der Waals surface area (Å²) in [5.41, 5.74) is 1.73. The molecule has 2 heterocycles. The van der Waals surface area contributed by atoms with E-state index < -0.39 is 0 Å². The number of rotatable bonds is 5. The van der Waals surface area contributed by atoms with Gasteiger partial charge in [0, 0.05) is 23.0 Å². The van der Waals surface area contributed by atoms with Crippen molar-refractivity contribution in [2.75, 3.05) is 11.9 Å². The maximum atomic E-state index is 5.42. The van der Waals surface area contributed by atoms with Crippen LogP contribution >= 0.6 is 11.3 Å². The molecule has 0 saturated heterocycles. The second-order valence-electron chi connectivity index (χ2n) is 4.62. The van der Waals surface area contributed by atoms with Crippen molar-refractivity contribution >= 4 is 23.0 Å². The molecule has 5 nitrogen and oxygen atoms in total. The topological polar surface area (TPSA) is 59.9 Å². The molecule has 112 valence electrons. The fourth-order valence-electron chi connectivity index (χ4n) is 1.94. The Bertz CT molecular complexity index is 755. The highest BCUT2D eigenvalue weighted by atomic mass is 32.1. The van der Waals surface area contributed by atoms with Crippen molar-refractivity contribution in [3.8, 4) is 16.5 Å². The lowest BCUT2D eigenvalue weighted by Gasteiger charge is -2.07. The minimum atomic E-state index is 0.550. The molecule has 3 aromatic rings. The zero-order valence-corrected chi connectivity index (χ0v) is 13.2. The monoisotopic (exact) mass is 312 g/mol. The minimum absolute atomic E-state index is 0.550. The van der Waals surface area contributed by atoms with E-state index in [0.29, 0.717) is 12.6 Å². The Morgan fingerprint density at radius 2 is 1.95 bits per heavy atom. The predicted octanol–water partition coefficient (Wildman–Crippen LogP) is 4.05. The summed E-state index contributed by atoms with van der Waals surface area (Å²) in [4.78, 5) is 14.3. The molecule has 0 radical (unpaired) electrons. The number of hydrogen-bond donors (Lipinski definition) is 1. The maximum Gasteiger partial charge on any atom is 0.227 e. The van der Waals surface area contributed by atoms with Crippen LogP contribution in [0.4, 0.5) is 11.6 Å². The Morgan fingerprint density at radius 3 is 2.64 bits per heavy atom. The molecule has 0 aliphatic carbocycles. The Labute approximate surface area is 133 Å². The van der Waals surface area contributed by atoms with E-state index in [1.54, 1.807) is 17.5 Å². The lowest BCUT2D eigenvalue weighted by molar-refractivity contribution is 0.340. The molecule has 0 unspecified atom stereocenters. The SMILES string of the molecule is CCOc1ccc(Nc2nccc(-c3ncc(C)s3)n2)cc1. The molecule has 0 amide bonds. The summed E-state index contributed by atoms with van der Waals surface area (Å²) >= 11 is 1.62. The summed E-state index contributed by atoms with van der Waals surface area (Å²) in [7, 11) is 0. The number of benzene rings is 1. The van der Waals surface area contributed by atoms with Gasteiger partial charge < -0.3 is 10.1 Å². The average molecular weight is 312 g/mol. The van der Waals surface area contributed by atoms with Crippen LogP contribution in [0, 0.1) is 6.92 Å². The average Bonchev–Trinajstić information content (AvgIpc) is 2.97. The van der Waals surface area contributed by atoms with Crippen LogP contribution in [-0.2, 0) is 0 Å². The van der Waals surface area contributed by atoms with E-state index in [1.807, 2.05) is 50.4 Å². The first-order valence-electron chi connectivity index (χ1n) is 7.00. The fourth-order valence-corrected chi connectivity index (χ4v) is 2.68. The number of ether oxygens (including phenoxy) is 1. The van der Waals surface area contributed by atoms with Gasteiger partial charge in [-0.2, -0.15) is 0 Å². The van der Waals surface area contributed by atoms with Crippen molar-refractivity contribution in [2.45, 2.75) is 13.8 Å². The van der Waals surface area contributed by atoms with Crippen LogP contribution in [0.5, 0.6) is 5.75 Å². The smallest absolute Gasteiger partial charge is 0.227 e. The second-order valence-corrected chi connectivity index (χ2v) is 5.86. The molecule has 6 heteroatoms. The summed E-state index contributed by atoms with van der Waals surface area (Å²) in [6, 6.07) is 9.57. The zero-order valence-electron chi connectivity index (χ0n) is 12.4. The van der Waals surface area contributed by atoms with Gasteiger partial charge in [0.2, 0.25) is 5.95 Å². The summed E-state index contributed by atoms with van der Waals surface area (Å²) in [5, 5.41) is 4.09. The molecule has 0 bridgehead atoms. The Morgan fingerprint density at radius 1 is 1.14 bits per heavy atom. The molecular weight excluding hydrogens is 296 g/mol. The number of anilines is 2. The van der Waals surface area contributed by atoms with Crippen molar-refractivity contribution in [3.63, 3.8) is 0 Å². The highest BCUT2D eigenvalue weighted by Gasteiger charge is 2.06. The van der Waals surface area contributed by atoms with E-state index in [1.165, 1.54) is 0 Å². The molecule has 0 fully saturated rings. The molecular formula is C16H16N4OS.